The maximum atomic E-state index is 12.2. The zero-order chi connectivity index (χ0) is 23.0. The van der Waals surface area contributed by atoms with Crippen molar-refractivity contribution < 1.29 is 32.2 Å². The Bertz CT molecular complexity index is 855. The van der Waals surface area contributed by atoms with Crippen LogP contribution in [0.25, 0.3) is 0 Å². The molecule has 0 saturated carbocycles. The van der Waals surface area contributed by atoms with Gasteiger partial charge in [-0.2, -0.15) is 0 Å². The summed E-state index contributed by atoms with van der Waals surface area (Å²) in [4.78, 5) is 11.6. The van der Waals surface area contributed by atoms with Gasteiger partial charge < -0.3 is 25.3 Å². The van der Waals surface area contributed by atoms with E-state index in [9.17, 15) is 18.0 Å². The highest BCUT2D eigenvalue weighted by Crippen LogP contribution is 2.29. The Hall–Kier alpha value is -2.94. The van der Waals surface area contributed by atoms with Crippen LogP contribution in [0.15, 0.2) is 42.5 Å². The quantitative estimate of drug-likeness (QED) is 0.548. The summed E-state index contributed by atoms with van der Waals surface area (Å²) in [7, 11) is 1.51. The van der Waals surface area contributed by atoms with Gasteiger partial charge in [-0.05, 0) is 47.7 Å². The zero-order valence-electron chi connectivity index (χ0n) is 17.7. The largest absolute Gasteiger partial charge is 0.573 e. The summed E-state index contributed by atoms with van der Waals surface area (Å²) in [6.45, 7) is 4.60. The first kappa shape index (κ1) is 24.3. The van der Waals surface area contributed by atoms with Crippen molar-refractivity contribution in [1.82, 2.24) is 5.32 Å². The van der Waals surface area contributed by atoms with Crippen LogP contribution in [0.5, 0.6) is 17.2 Å². The average molecular weight is 440 g/mol. The average Bonchev–Trinajstić information content (AvgIpc) is 2.69. The van der Waals surface area contributed by atoms with Crippen molar-refractivity contribution in [2.75, 3.05) is 7.11 Å². The van der Waals surface area contributed by atoms with E-state index >= 15 is 0 Å². The normalized spacial score (nSPS) is 12.5. The maximum Gasteiger partial charge on any atom is 0.573 e. The van der Waals surface area contributed by atoms with E-state index in [2.05, 4.69) is 10.1 Å². The number of hydrogen-bond acceptors (Lipinski definition) is 5. The van der Waals surface area contributed by atoms with E-state index in [-0.39, 0.29) is 12.4 Å². The van der Waals surface area contributed by atoms with Gasteiger partial charge in [-0.15, -0.1) is 13.2 Å². The van der Waals surface area contributed by atoms with Crippen LogP contribution in [0.1, 0.15) is 31.4 Å². The molecule has 2 rings (SSSR count). The highest BCUT2D eigenvalue weighted by atomic mass is 19.4. The molecule has 0 heterocycles. The van der Waals surface area contributed by atoms with Gasteiger partial charge in [-0.25, -0.2) is 0 Å². The van der Waals surface area contributed by atoms with Gasteiger partial charge in [-0.1, -0.05) is 32.0 Å². The molecule has 0 aliphatic carbocycles. The molecule has 0 aliphatic heterocycles. The lowest BCUT2D eigenvalue weighted by Crippen LogP contribution is -2.41. The summed E-state index contributed by atoms with van der Waals surface area (Å²) < 4.78 is 51.7. The zero-order valence-corrected chi connectivity index (χ0v) is 17.7. The lowest BCUT2D eigenvalue weighted by molar-refractivity contribution is -0.274. The number of ether oxygens (including phenoxy) is 3. The van der Waals surface area contributed by atoms with Crippen LogP contribution in [0.4, 0.5) is 13.2 Å². The molecule has 1 amide bonds. The lowest BCUT2D eigenvalue weighted by Gasteiger charge is -2.18. The molecule has 0 aliphatic rings. The third kappa shape index (κ3) is 8.37. The molecule has 2 aromatic carbocycles. The van der Waals surface area contributed by atoms with Crippen LogP contribution in [-0.4, -0.2) is 25.4 Å². The Labute approximate surface area is 179 Å². The fourth-order valence-corrected chi connectivity index (χ4v) is 2.90. The van der Waals surface area contributed by atoms with Crippen molar-refractivity contribution in [3.05, 3.63) is 53.6 Å². The molecule has 0 saturated heterocycles. The van der Waals surface area contributed by atoms with E-state index in [0.717, 1.165) is 5.56 Å². The van der Waals surface area contributed by atoms with Gasteiger partial charge in [0.1, 0.15) is 12.4 Å². The SMILES string of the molecule is COc1cc(CNC(CC(C)C)C(N)=O)ccc1OCc1ccc(OC(F)(F)F)cc1. The first-order chi connectivity index (χ1) is 14.6. The van der Waals surface area contributed by atoms with Crippen LogP contribution in [0.2, 0.25) is 0 Å². The topological polar surface area (TPSA) is 82.8 Å². The third-order valence-electron chi connectivity index (χ3n) is 4.38. The van der Waals surface area contributed by atoms with Crippen molar-refractivity contribution in [2.45, 2.75) is 45.8 Å². The predicted octanol–water partition coefficient (Wildman–Crippen LogP) is 4.16. The molecule has 31 heavy (non-hydrogen) atoms. The number of alkyl halides is 3. The summed E-state index contributed by atoms with van der Waals surface area (Å²) in [5.41, 5.74) is 7.00. The van der Waals surface area contributed by atoms with Gasteiger partial charge in [-0.3, -0.25) is 4.79 Å². The molecule has 0 aromatic heterocycles. The Morgan fingerprint density at radius 2 is 1.71 bits per heavy atom. The molecule has 0 radical (unpaired) electrons. The van der Waals surface area contributed by atoms with Crippen LogP contribution in [-0.2, 0) is 17.9 Å². The van der Waals surface area contributed by atoms with Gasteiger partial charge in [0.15, 0.2) is 11.5 Å². The Morgan fingerprint density at radius 1 is 1.06 bits per heavy atom. The second kappa shape index (κ2) is 10.9. The van der Waals surface area contributed by atoms with Gasteiger partial charge in [0.05, 0.1) is 13.2 Å². The highest BCUT2D eigenvalue weighted by molar-refractivity contribution is 5.79. The number of hydrogen-bond donors (Lipinski definition) is 2. The second-order valence-electron chi connectivity index (χ2n) is 7.43. The molecule has 2 aromatic rings. The van der Waals surface area contributed by atoms with E-state index in [1.165, 1.54) is 31.4 Å². The highest BCUT2D eigenvalue weighted by Gasteiger charge is 2.30. The van der Waals surface area contributed by atoms with Crippen molar-refractivity contribution in [2.24, 2.45) is 11.7 Å². The summed E-state index contributed by atoms with van der Waals surface area (Å²) in [5, 5.41) is 3.15. The number of methoxy groups -OCH3 is 1. The predicted molar refractivity (Wildman–Crippen MR) is 110 cm³/mol. The van der Waals surface area contributed by atoms with E-state index in [1.54, 1.807) is 12.1 Å². The summed E-state index contributed by atoms with van der Waals surface area (Å²) in [6.07, 6.45) is -4.09. The second-order valence-corrected chi connectivity index (χ2v) is 7.43. The maximum absolute atomic E-state index is 12.2. The Morgan fingerprint density at radius 3 is 2.26 bits per heavy atom. The Kier molecular flexibility index (Phi) is 8.56. The van der Waals surface area contributed by atoms with E-state index in [1.807, 2.05) is 19.9 Å². The van der Waals surface area contributed by atoms with Gasteiger partial charge >= 0.3 is 6.36 Å². The number of primary amides is 1. The molecule has 9 heteroatoms. The summed E-state index contributed by atoms with van der Waals surface area (Å²) in [5.74, 6) is 0.611. The minimum atomic E-state index is -4.73. The lowest BCUT2D eigenvalue weighted by atomic mass is 10.0. The fraction of sp³-hybridized carbons (Fsp3) is 0.409. The minimum absolute atomic E-state index is 0.137. The number of nitrogens with one attached hydrogen (secondary N) is 1. The van der Waals surface area contributed by atoms with Crippen LogP contribution >= 0.6 is 0 Å². The Balaban J connectivity index is 1.97. The standard InChI is InChI=1S/C22H27F3N2O4/c1-14(2)10-18(21(26)28)27-12-16-6-9-19(20(11-16)29-3)30-13-15-4-7-17(8-5-15)31-22(23,24)25/h4-9,11,14,18,27H,10,12-13H2,1-3H3,(H2,26,28). The van der Waals surface area contributed by atoms with E-state index in [4.69, 9.17) is 15.2 Å². The van der Waals surface area contributed by atoms with Crippen molar-refractivity contribution >= 4 is 5.91 Å². The molecule has 0 spiro atoms. The monoisotopic (exact) mass is 440 g/mol. The number of halogens is 3. The van der Waals surface area contributed by atoms with Crippen LogP contribution < -0.4 is 25.3 Å². The molecular weight excluding hydrogens is 413 g/mol. The van der Waals surface area contributed by atoms with Gasteiger partial charge in [0.2, 0.25) is 5.91 Å². The van der Waals surface area contributed by atoms with Crippen molar-refractivity contribution in [1.29, 1.82) is 0 Å². The first-order valence-corrected chi connectivity index (χ1v) is 9.74. The molecular formula is C22H27F3N2O4. The summed E-state index contributed by atoms with van der Waals surface area (Å²) in [6, 6.07) is 10.4. The molecule has 0 bridgehead atoms. The number of benzene rings is 2. The van der Waals surface area contributed by atoms with Crippen LogP contribution in [0.3, 0.4) is 0 Å². The smallest absolute Gasteiger partial charge is 0.493 e. The minimum Gasteiger partial charge on any atom is -0.493 e. The number of nitrogens with two attached hydrogens (primary N) is 1. The third-order valence-corrected chi connectivity index (χ3v) is 4.38. The van der Waals surface area contributed by atoms with E-state index < -0.39 is 18.3 Å². The molecule has 170 valence electrons. The molecule has 6 nitrogen and oxygen atoms in total. The molecule has 3 N–H and O–H groups in total. The fourth-order valence-electron chi connectivity index (χ4n) is 2.90. The van der Waals surface area contributed by atoms with Gasteiger partial charge in [0, 0.05) is 6.54 Å². The van der Waals surface area contributed by atoms with Crippen LogP contribution in [0, 0.1) is 5.92 Å². The van der Waals surface area contributed by atoms with Crippen molar-refractivity contribution in [3.63, 3.8) is 0 Å². The summed E-state index contributed by atoms with van der Waals surface area (Å²) >= 11 is 0. The number of carbonyl (C=O) groups excluding carboxylic acids is 1. The number of carbonyl (C=O) groups is 1. The molecule has 0 fully saturated rings. The van der Waals surface area contributed by atoms with Gasteiger partial charge in [0.25, 0.3) is 0 Å². The molecule has 1 atom stereocenters. The number of rotatable bonds is 11. The number of amides is 1. The van der Waals surface area contributed by atoms with Crippen molar-refractivity contribution in [3.8, 4) is 17.2 Å². The van der Waals surface area contributed by atoms with E-state index in [0.29, 0.717) is 35.9 Å². The first-order valence-electron chi connectivity index (χ1n) is 9.74. The molecule has 1 unspecified atom stereocenters.